The van der Waals surface area contributed by atoms with Crippen molar-refractivity contribution in [2.45, 2.75) is 38.3 Å². The van der Waals surface area contributed by atoms with Gasteiger partial charge in [-0.2, -0.15) is 0 Å². The molecule has 1 fully saturated rings. The van der Waals surface area contributed by atoms with Gasteiger partial charge in [-0.25, -0.2) is 4.39 Å². The van der Waals surface area contributed by atoms with Crippen molar-refractivity contribution < 1.29 is 13.9 Å². The summed E-state index contributed by atoms with van der Waals surface area (Å²) in [5, 5.41) is 3.34. The molecule has 0 aliphatic carbocycles. The van der Waals surface area contributed by atoms with Crippen molar-refractivity contribution in [3.63, 3.8) is 0 Å². The fourth-order valence-electron chi connectivity index (χ4n) is 2.88. The van der Waals surface area contributed by atoms with Gasteiger partial charge in [-0.15, -0.1) is 0 Å². The van der Waals surface area contributed by atoms with Gasteiger partial charge in [-0.1, -0.05) is 0 Å². The Hall–Kier alpha value is -1.29. The van der Waals surface area contributed by atoms with Crippen molar-refractivity contribution >= 4 is 0 Å². The smallest absolute Gasteiger partial charge is 0.161 e. The van der Waals surface area contributed by atoms with E-state index < -0.39 is 5.67 Å². The van der Waals surface area contributed by atoms with Crippen LogP contribution in [0.1, 0.15) is 43.7 Å². The SMILES string of the molecule is COc1cc(C2CCNCC2)c(C(C)(C)F)cc1OC. The lowest BCUT2D eigenvalue weighted by Crippen LogP contribution is -2.28. The standard InChI is InChI=1S/C16H24FNO2/c1-16(2,17)13-10-15(20-4)14(19-3)9-12(13)11-5-7-18-8-6-11/h9-11,18H,5-8H2,1-4H3. The Kier molecular flexibility index (Phi) is 4.53. The number of piperidine rings is 1. The van der Waals surface area contributed by atoms with Crippen LogP contribution in [0.5, 0.6) is 11.5 Å². The van der Waals surface area contributed by atoms with Crippen LogP contribution in [0.15, 0.2) is 12.1 Å². The summed E-state index contributed by atoms with van der Waals surface area (Å²) in [6.07, 6.45) is 2.05. The van der Waals surface area contributed by atoms with Crippen molar-refractivity contribution in [3.05, 3.63) is 23.3 Å². The predicted molar refractivity (Wildman–Crippen MR) is 78.5 cm³/mol. The Morgan fingerprint density at radius 2 is 1.65 bits per heavy atom. The van der Waals surface area contributed by atoms with E-state index in [1.54, 1.807) is 34.1 Å². The number of rotatable bonds is 4. The summed E-state index contributed by atoms with van der Waals surface area (Å²) >= 11 is 0. The molecule has 1 N–H and O–H groups in total. The van der Waals surface area contributed by atoms with E-state index >= 15 is 0 Å². The van der Waals surface area contributed by atoms with Gasteiger partial charge in [0.15, 0.2) is 11.5 Å². The molecule has 0 amide bonds. The minimum atomic E-state index is -1.39. The molecule has 1 heterocycles. The van der Waals surface area contributed by atoms with E-state index in [0.717, 1.165) is 31.5 Å². The zero-order valence-corrected chi connectivity index (χ0v) is 12.8. The molecule has 0 spiro atoms. The molecule has 1 aromatic carbocycles. The van der Waals surface area contributed by atoms with Gasteiger partial charge in [0.25, 0.3) is 0 Å². The first-order valence-corrected chi connectivity index (χ1v) is 7.13. The topological polar surface area (TPSA) is 30.5 Å². The molecule has 0 atom stereocenters. The van der Waals surface area contributed by atoms with E-state index in [9.17, 15) is 4.39 Å². The van der Waals surface area contributed by atoms with E-state index in [-0.39, 0.29) is 0 Å². The van der Waals surface area contributed by atoms with Crippen molar-refractivity contribution in [1.29, 1.82) is 0 Å². The molecule has 1 aliphatic heterocycles. The second-order valence-corrected chi connectivity index (χ2v) is 5.79. The summed E-state index contributed by atoms with van der Waals surface area (Å²) in [4.78, 5) is 0. The monoisotopic (exact) mass is 281 g/mol. The molecule has 4 heteroatoms. The normalized spacial score (nSPS) is 17.1. The largest absolute Gasteiger partial charge is 0.493 e. The van der Waals surface area contributed by atoms with Gasteiger partial charge in [-0.05, 0) is 69.0 Å². The molecular formula is C16H24FNO2. The highest BCUT2D eigenvalue weighted by atomic mass is 19.1. The second-order valence-electron chi connectivity index (χ2n) is 5.79. The highest BCUT2D eigenvalue weighted by molar-refractivity contribution is 5.50. The quantitative estimate of drug-likeness (QED) is 0.918. The molecule has 1 saturated heterocycles. The maximum atomic E-state index is 14.6. The van der Waals surface area contributed by atoms with Crippen LogP contribution in [0.4, 0.5) is 4.39 Å². The van der Waals surface area contributed by atoms with Crippen LogP contribution in [-0.2, 0) is 5.67 Å². The van der Waals surface area contributed by atoms with Crippen LogP contribution in [0, 0.1) is 0 Å². The Labute approximate surface area is 120 Å². The van der Waals surface area contributed by atoms with Gasteiger partial charge in [0.1, 0.15) is 5.67 Å². The Morgan fingerprint density at radius 1 is 1.10 bits per heavy atom. The first kappa shape index (κ1) is 15.1. The fourth-order valence-corrected chi connectivity index (χ4v) is 2.88. The molecule has 1 aromatic rings. The van der Waals surface area contributed by atoms with Crippen molar-refractivity contribution in [2.24, 2.45) is 0 Å². The summed E-state index contributed by atoms with van der Waals surface area (Å²) in [6, 6.07) is 3.74. The zero-order chi connectivity index (χ0) is 14.8. The van der Waals surface area contributed by atoms with E-state index in [1.807, 2.05) is 6.07 Å². The zero-order valence-electron chi connectivity index (χ0n) is 12.8. The lowest BCUT2D eigenvalue weighted by atomic mass is 9.82. The molecule has 1 aliphatic rings. The molecule has 0 radical (unpaired) electrons. The van der Waals surface area contributed by atoms with E-state index in [4.69, 9.17) is 9.47 Å². The molecule has 0 aromatic heterocycles. The number of benzene rings is 1. The Morgan fingerprint density at radius 3 is 2.15 bits per heavy atom. The average Bonchev–Trinajstić information content (AvgIpc) is 2.45. The molecule has 20 heavy (non-hydrogen) atoms. The van der Waals surface area contributed by atoms with Crippen molar-refractivity contribution in [3.8, 4) is 11.5 Å². The first-order chi connectivity index (χ1) is 9.47. The number of ether oxygens (including phenoxy) is 2. The maximum Gasteiger partial charge on any atom is 0.161 e. The minimum absolute atomic E-state index is 0.376. The predicted octanol–water partition coefficient (Wildman–Crippen LogP) is 3.38. The molecule has 112 valence electrons. The van der Waals surface area contributed by atoms with Gasteiger partial charge in [0, 0.05) is 0 Å². The molecule has 3 nitrogen and oxygen atoms in total. The van der Waals surface area contributed by atoms with Crippen LogP contribution in [0.2, 0.25) is 0 Å². The molecular weight excluding hydrogens is 257 g/mol. The molecule has 0 unspecified atom stereocenters. The van der Waals surface area contributed by atoms with Crippen LogP contribution in [0.25, 0.3) is 0 Å². The summed E-state index contributed by atoms with van der Waals surface area (Å²) in [7, 11) is 3.20. The number of nitrogens with one attached hydrogen (secondary N) is 1. The molecule has 0 saturated carbocycles. The number of methoxy groups -OCH3 is 2. The summed E-state index contributed by atoms with van der Waals surface area (Å²) in [5.74, 6) is 1.64. The van der Waals surface area contributed by atoms with E-state index in [0.29, 0.717) is 23.0 Å². The highest BCUT2D eigenvalue weighted by Crippen LogP contribution is 2.41. The Balaban J connectivity index is 2.51. The number of hydrogen-bond acceptors (Lipinski definition) is 3. The van der Waals surface area contributed by atoms with Crippen molar-refractivity contribution in [1.82, 2.24) is 5.32 Å². The summed E-state index contributed by atoms with van der Waals surface area (Å²) in [6.45, 7) is 5.15. The van der Waals surface area contributed by atoms with Crippen molar-refractivity contribution in [2.75, 3.05) is 27.3 Å². The van der Waals surface area contributed by atoms with Crippen LogP contribution >= 0.6 is 0 Å². The molecule has 2 rings (SSSR count). The van der Waals surface area contributed by atoms with Gasteiger partial charge in [-0.3, -0.25) is 0 Å². The van der Waals surface area contributed by atoms with Gasteiger partial charge < -0.3 is 14.8 Å². The summed E-state index contributed by atoms with van der Waals surface area (Å²) in [5.41, 5.74) is 0.374. The lowest BCUT2D eigenvalue weighted by Gasteiger charge is -2.29. The van der Waals surface area contributed by atoms with E-state index in [1.165, 1.54) is 0 Å². The van der Waals surface area contributed by atoms with Crippen LogP contribution in [-0.4, -0.2) is 27.3 Å². The third kappa shape index (κ3) is 3.06. The highest BCUT2D eigenvalue weighted by Gasteiger charge is 2.29. The third-order valence-electron chi connectivity index (χ3n) is 3.98. The lowest BCUT2D eigenvalue weighted by molar-refractivity contribution is 0.216. The maximum absolute atomic E-state index is 14.6. The van der Waals surface area contributed by atoms with Crippen LogP contribution in [0.3, 0.4) is 0 Å². The van der Waals surface area contributed by atoms with E-state index in [2.05, 4.69) is 5.32 Å². The first-order valence-electron chi connectivity index (χ1n) is 7.13. The fraction of sp³-hybridized carbons (Fsp3) is 0.625. The second kappa shape index (κ2) is 6.00. The van der Waals surface area contributed by atoms with Gasteiger partial charge >= 0.3 is 0 Å². The Bertz CT molecular complexity index is 462. The number of hydrogen-bond donors (Lipinski definition) is 1. The third-order valence-corrected chi connectivity index (χ3v) is 3.98. The van der Waals surface area contributed by atoms with Gasteiger partial charge in [0.2, 0.25) is 0 Å². The summed E-state index contributed by atoms with van der Waals surface area (Å²) < 4.78 is 25.3. The number of halogens is 1. The van der Waals surface area contributed by atoms with Crippen LogP contribution < -0.4 is 14.8 Å². The number of alkyl halides is 1. The average molecular weight is 281 g/mol. The van der Waals surface area contributed by atoms with Gasteiger partial charge in [0.05, 0.1) is 14.2 Å². The molecule has 0 bridgehead atoms. The minimum Gasteiger partial charge on any atom is -0.493 e.